The predicted molar refractivity (Wildman–Crippen MR) is 96.0 cm³/mol. The molecule has 0 fully saturated rings. The number of anilines is 1. The molecule has 0 radical (unpaired) electrons. The summed E-state index contributed by atoms with van der Waals surface area (Å²) in [5, 5.41) is 12.7. The fourth-order valence-electron chi connectivity index (χ4n) is 2.67. The summed E-state index contributed by atoms with van der Waals surface area (Å²) in [6, 6.07) is 23.5. The molecule has 1 amide bonds. The first kappa shape index (κ1) is 15.1. The van der Waals surface area contributed by atoms with Crippen LogP contribution in [0.1, 0.15) is 5.56 Å². The SMILES string of the molecule is O=C(Cc1ccc2ccccc2c1)Nc1nnc(-c2ccccc2)o1. The second-order valence-electron chi connectivity index (χ2n) is 5.68. The summed E-state index contributed by atoms with van der Waals surface area (Å²) in [5.41, 5.74) is 1.74. The molecule has 25 heavy (non-hydrogen) atoms. The van der Waals surface area contributed by atoms with Gasteiger partial charge in [-0.3, -0.25) is 10.1 Å². The lowest BCUT2D eigenvalue weighted by atomic mass is 10.1. The maximum Gasteiger partial charge on any atom is 0.322 e. The zero-order valence-corrected chi connectivity index (χ0v) is 13.3. The molecule has 0 saturated carbocycles. The Balaban J connectivity index is 1.46. The Bertz CT molecular complexity index is 1030. The van der Waals surface area contributed by atoms with E-state index in [1.165, 1.54) is 0 Å². The molecular formula is C20H15N3O2. The number of amides is 1. The number of hydrogen-bond donors (Lipinski definition) is 1. The van der Waals surface area contributed by atoms with E-state index in [4.69, 9.17) is 4.42 Å². The van der Waals surface area contributed by atoms with Gasteiger partial charge in [-0.15, -0.1) is 5.10 Å². The Morgan fingerprint density at radius 2 is 1.64 bits per heavy atom. The Hall–Kier alpha value is -3.47. The summed E-state index contributed by atoms with van der Waals surface area (Å²) in [4.78, 5) is 12.2. The average molecular weight is 329 g/mol. The van der Waals surface area contributed by atoms with Crippen molar-refractivity contribution in [2.45, 2.75) is 6.42 Å². The molecular weight excluding hydrogens is 314 g/mol. The van der Waals surface area contributed by atoms with Gasteiger partial charge in [0.15, 0.2) is 0 Å². The largest absolute Gasteiger partial charge is 0.403 e. The number of nitrogens with one attached hydrogen (secondary N) is 1. The van der Waals surface area contributed by atoms with E-state index in [1.807, 2.05) is 72.8 Å². The van der Waals surface area contributed by atoms with Gasteiger partial charge in [0, 0.05) is 5.56 Å². The molecule has 5 nitrogen and oxygen atoms in total. The van der Waals surface area contributed by atoms with Crippen LogP contribution in [0, 0.1) is 0 Å². The first-order valence-electron chi connectivity index (χ1n) is 7.94. The summed E-state index contributed by atoms with van der Waals surface area (Å²) in [7, 11) is 0. The second-order valence-corrected chi connectivity index (χ2v) is 5.68. The molecule has 0 aliphatic heterocycles. The fourth-order valence-corrected chi connectivity index (χ4v) is 2.67. The van der Waals surface area contributed by atoms with E-state index in [0.29, 0.717) is 5.89 Å². The highest BCUT2D eigenvalue weighted by molar-refractivity contribution is 5.91. The molecule has 0 atom stereocenters. The topological polar surface area (TPSA) is 68.0 Å². The van der Waals surface area contributed by atoms with Crippen LogP contribution in [-0.4, -0.2) is 16.1 Å². The van der Waals surface area contributed by atoms with Crippen molar-refractivity contribution in [1.82, 2.24) is 10.2 Å². The van der Waals surface area contributed by atoms with Crippen molar-refractivity contribution in [2.24, 2.45) is 0 Å². The van der Waals surface area contributed by atoms with Crippen molar-refractivity contribution >= 4 is 22.7 Å². The first-order valence-corrected chi connectivity index (χ1v) is 7.94. The normalized spacial score (nSPS) is 10.7. The number of nitrogens with zero attached hydrogens (tertiary/aromatic N) is 2. The summed E-state index contributed by atoms with van der Waals surface area (Å²) >= 11 is 0. The second kappa shape index (κ2) is 6.57. The van der Waals surface area contributed by atoms with E-state index in [1.54, 1.807) is 0 Å². The molecule has 1 aromatic heterocycles. The number of fused-ring (bicyclic) bond motifs is 1. The highest BCUT2D eigenvalue weighted by Gasteiger charge is 2.11. The van der Waals surface area contributed by atoms with Crippen molar-refractivity contribution in [3.8, 4) is 11.5 Å². The lowest BCUT2D eigenvalue weighted by Crippen LogP contribution is -2.14. The zero-order valence-electron chi connectivity index (χ0n) is 13.3. The van der Waals surface area contributed by atoms with Crippen LogP contribution in [0.5, 0.6) is 0 Å². The van der Waals surface area contributed by atoms with Gasteiger partial charge in [0.2, 0.25) is 11.8 Å². The number of rotatable bonds is 4. The van der Waals surface area contributed by atoms with Gasteiger partial charge in [0.1, 0.15) is 0 Å². The molecule has 122 valence electrons. The van der Waals surface area contributed by atoms with Crippen LogP contribution in [0.15, 0.2) is 77.2 Å². The molecule has 0 spiro atoms. The lowest BCUT2D eigenvalue weighted by molar-refractivity contribution is -0.115. The van der Waals surface area contributed by atoms with Crippen LogP contribution < -0.4 is 5.32 Å². The number of benzene rings is 3. The third kappa shape index (κ3) is 3.40. The molecule has 5 heteroatoms. The molecule has 3 aromatic carbocycles. The third-order valence-corrected chi connectivity index (χ3v) is 3.87. The van der Waals surface area contributed by atoms with Gasteiger partial charge < -0.3 is 4.42 Å². The minimum Gasteiger partial charge on any atom is -0.403 e. The third-order valence-electron chi connectivity index (χ3n) is 3.87. The Morgan fingerprint density at radius 1 is 0.880 bits per heavy atom. The first-order chi connectivity index (χ1) is 12.3. The van der Waals surface area contributed by atoms with Crippen LogP contribution in [0.3, 0.4) is 0 Å². The summed E-state index contributed by atoms with van der Waals surface area (Å²) < 4.78 is 5.49. The lowest BCUT2D eigenvalue weighted by Gasteiger charge is -2.03. The van der Waals surface area contributed by atoms with E-state index in [0.717, 1.165) is 21.9 Å². The van der Waals surface area contributed by atoms with Gasteiger partial charge in [0.05, 0.1) is 6.42 Å². The monoisotopic (exact) mass is 329 g/mol. The van der Waals surface area contributed by atoms with E-state index < -0.39 is 0 Å². The minimum absolute atomic E-state index is 0.102. The number of aromatic nitrogens is 2. The smallest absolute Gasteiger partial charge is 0.322 e. The number of hydrogen-bond acceptors (Lipinski definition) is 4. The molecule has 0 saturated heterocycles. The van der Waals surface area contributed by atoms with Crippen molar-refractivity contribution < 1.29 is 9.21 Å². The van der Waals surface area contributed by atoms with E-state index in [9.17, 15) is 4.79 Å². The van der Waals surface area contributed by atoms with Crippen LogP contribution in [0.25, 0.3) is 22.2 Å². The van der Waals surface area contributed by atoms with Crippen LogP contribution in [-0.2, 0) is 11.2 Å². The maximum absolute atomic E-state index is 12.2. The molecule has 4 rings (SSSR count). The highest BCUT2D eigenvalue weighted by atomic mass is 16.4. The highest BCUT2D eigenvalue weighted by Crippen LogP contribution is 2.20. The summed E-state index contributed by atoms with van der Waals surface area (Å²) in [6.45, 7) is 0. The summed E-state index contributed by atoms with van der Waals surface area (Å²) in [5.74, 6) is 0.181. The number of carbonyl (C=O) groups is 1. The average Bonchev–Trinajstić information content (AvgIpc) is 3.10. The fraction of sp³-hybridized carbons (Fsp3) is 0.0500. The van der Waals surface area contributed by atoms with E-state index in [2.05, 4.69) is 15.5 Å². The predicted octanol–water partition coefficient (Wildman–Crippen LogP) is 4.07. The van der Waals surface area contributed by atoms with Crippen molar-refractivity contribution in [3.05, 3.63) is 78.4 Å². The summed E-state index contributed by atoms with van der Waals surface area (Å²) in [6.07, 6.45) is 0.244. The molecule has 4 aromatic rings. The standard InChI is InChI=1S/C20H15N3O2/c24-18(13-14-10-11-15-6-4-5-9-17(15)12-14)21-20-23-22-19(25-20)16-7-2-1-3-8-16/h1-12H,13H2,(H,21,23,24). The van der Waals surface area contributed by atoms with Gasteiger partial charge in [0.25, 0.3) is 0 Å². The Kier molecular flexibility index (Phi) is 3.96. The minimum atomic E-state index is -0.196. The van der Waals surface area contributed by atoms with Crippen LogP contribution in [0.2, 0.25) is 0 Å². The molecule has 0 aliphatic rings. The van der Waals surface area contributed by atoms with Gasteiger partial charge >= 0.3 is 6.01 Å². The Labute approximate surface area is 144 Å². The van der Waals surface area contributed by atoms with E-state index in [-0.39, 0.29) is 18.3 Å². The van der Waals surface area contributed by atoms with Gasteiger partial charge in [-0.2, -0.15) is 0 Å². The zero-order chi connectivity index (χ0) is 17.1. The molecule has 1 heterocycles. The van der Waals surface area contributed by atoms with Gasteiger partial charge in [-0.05, 0) is 28.5 Å². The quantitative estimate of drug-likeness (QED) is 0.613. The van der Waals surface area contributed by atoms with Gasteiger partial charge in [-0.1, -0.05) is 65.8 Å². The van der Waals surface area contributed by atoms with Crippen molar-refractivity contribution in [1.29, 1.82) is 0 Å². The molecule has 0 unspecified atom stereocenters. The van der Waals surface area contributed by atoms with Crippen molar-refractivity contribution in [3.63, 3.8) is 0 Å². The maximum atomic E-state index is 12.2. The Morgan fingerprint density at radius 3 is 2.48 bits per heavy atom. The molecule has 1 N–H and O–H groups in total. The molecule has 0 aliphatic carbocycles. The van der Waals surface area contributed by atoms with Gasteiger partial charge in [-0.25, -0.2) is 0 Å². The van der Waals surface area contributed by atoms with E-state index >= 15 is 0 Å². The number of carbonyl (C=O) groups excluding carboxylic acids is 1. The van der Waals surface area contributed by atoms with Crippen LogP contribution >= 0.6 is 0 Å². The van der Waals surface area contributed by atoms with Crippen LogP contribution in [0.4, 0.5) is 6.01 Å². The van der Waals surface area contributed by atoms with Crippen molar-refractivity contribution in [2.75, 3.05) is 5.32 Å². The molecule has 0 bridgehead atoms.